The van der Waals surface area contributed by atoms with Crippen LogP contribution in [0, 0.1) is 5.92 Å². The number of hydrogen-bond donors (Lipinski definition) is 2. The van der Waals surface area contributed by atoms with Crippen LogP contribution in [0.2, 0.25) is 5.02 Å². The van der Waals surface area contributed by atoms with Gasteiger partial charge in [0.1, 0.15) is 6.04 Å². The Kier molecular flexibility index (Phi) is 5.74. The number of nitrogens with zero attached hydrogens (tertiary/aromatic N) is 1. The second-order valence-electron chi connectivity index (χ2n) is 6.71. The van der Waals surface area contributed by atoms with Crippen LogP contribution in [0.3, 0.4) is 0 Å². The van der Waals surface area contributed by atoms with E-state index in [0.29, 0.717) is 25.3 Å². The van der Waals surface area contributed by atoms with Crippen LogP contribution in [-0.4, -0.2) is 42.4 Å². The van der Waals surface area contributed by atoms with Crippen LogP contribution in [0.5, 0.6) is 0 Å². The molecule has 2 amide bonds. The molecule has 2 N–H and O–H groups in total. The van der Waals surface area contributed by atoms with E-state index in [9.17, 15) is 9.59 Å². The Hall–Kier alpha value is -1.59. The van der Waals surface area contributed by atoms with Crippen molar-refractivity contribution >= 4 is 23.4 Å². The van der Waals surface area contributed by atoms with Gasteiger partial charge in [-0.3, -0.25) is 14.5 Å². The summed E-state index contributed by atoms with van der Waals surface area (Å²) in [5.41, 5.74) is 1.17. The molecule has 1 atom stereocenters. The number of likely N-dealkylation sites (tertiary alicyclic amines) is 1. The lowest BCUT2D eigenvalue weighted by atomic mass is 9.96. The van der Waals surface area contributed by atoms with Gasteiger partial charge < -0.3 is 10.6 Å². The van der Waals surface area contributed by atoms with Crippen molar-refractivity contribution in [1.82, 2.24) is 15.5 Å². The fourth-order valence-electron chi connectivity index (χ4n) is 3.40. The van der Waals surface area contributed by atoms with Crippen LogP contribution in [0.1, 0.15) is 31.2 Å². The molecule has 2 saturated heterocycles. The molecule has 24 heavy (non-hydrogen) atoms. The van der Waals surface area contributed by atoms with Crippen LogP contribution in [-0.2, 0) is 16.1 Å². The molecule has 3 rings (SSSR count). The first-order chi connectivity index (χ1) is 11.6. The molecule has 2 aliphatic heterocycles. The van der Waals surface area contributed by atoms with E-state index in [1.54, 1.807) is 0 Å². The Morgan fingerprint density at radius 2 is 2.00 bits per heavy atom. The lowest BCUT2D eigenvalue weighted by Gasteiger charge is -2.32. The molecule has 130 valence electrons. The summed E-state index contributed by atoms with van der Waals surface area (Å²) in [6, 6.07) is 7.64. The zero-order chi connectivity index (χ0) is 16.9. The molecule has 2 fully saturated rings. The zero-order valence-corrected chi connectivity index (χ0v) is 14.5. The molecule has 0 radical (unpaired) electrons. The molecule has 0 aromatic heterocycles. The minimum Gasteiger partial charge on any atom is -0.354 e. The molecule has 2 heterocycles. The summed E-state index contributed by atoms with van der Waals surface area (Å²) < 4.78 is 0. The Bertz CT molecular complexity index is 600. The first kappa shape index (κ1) is 17.2. The van der Waals surface area contributed by atoms with Gasteiger partial charge in [-0.2, -0.15) is 0 Å². The van der Waals surface area contributed by atoms with Gasteiger partial charge in [0.15, 0.2) is 0 Å². The highest BCUT2D eigenvalue weighted by atomic mass is 35.5. The van der Waals surface area contributed by atoms with Gasteiger partial charge in [0, 0.05) is 24.5 Å². The first-order valence-corrected chi connectivity index (χ1v) is 9.02. The second kappa shape index (κ2) is 7.99. The molecule has 0 saturated carbocycles. The number of amides is 2. The molecule has 5 nitrogen and oxygen atoms in total. The van der Waals surface area contributed by atoms with E-state index in [4.69, 9.17) is 11.6 Å². The summed E-state index contributed by atoms with van der Waals surface area (Å²) in [6.45, 7) is 3.62. The van der Waals surface area contributed by atoms with Gasteiger partial charge in [-0.15, -0.1) is 0 Å². The van der Waals surface area contributed by atoms with Gasteiger partial charge in [0.05, 0.1) is 0 Å². The number of halogens is 1. The standard InChI is InChI=1S/C18H24ClN3O2/c19-15-4-2-1-3-14(15)12-22-9-7-13(8-10-22)11-20-18(24)16-5-6-17(23)21-16/h1-4,13,16H,5-12H2,(H,20,24)(H,21,23)/t16-/m1/s1. The van der Waals surface area contributed by atoms with E-state index in [1.807, 2.05) is 18.2 Å². The van der Waals surface area contributed by atoms with E-state index in [2.05, 4.69) is 21.6 Å². The first-order valence-electron chi connectivity index (χ1n) is 8.64. The maximum absolute atomic E-state index is 12.0. The summed E-state index contributed by atoms with van der Waals surface area (Å²) >= 11 is 6.23. The third-order valence-corrected chi connectivity index (χ3v) is 5.30. The number of piperidine rings is 1. The van der Waals surface area contributed by atoms with Crippen LogP contribution in [0.25, 0.3) is 0 Å². The summed E-state index contributed by atoms with van der Waals surface area (Å²) in [4.78, 5) is 25.6. The third kappa shape index (κ3) is 4.48. The SMILES string of the molecule is O=C1CC[C@H](C(=O)NCC2CCN(Cc3ccccc3Cl)CC2)N1. The molecule has 0 bridgehead atoms. The lowest BCUT2D eigenvalue weighted by molar-refractivity contribution is -0.125. The minimum absolute atomic E-state index is 0.0250. The summed E-state index contributed by atoms with van der Waals surface area (Å²) in [5.74, 6) is 0.441. The molecular weight excluding hydrogens is 326 g/mol. The van der Waals surface area contributed by atoms with E-state index in [0.717, 1.165) is 37.5 Å². The topological polar surface area (TPSA) is 61.4 Å². The molecule has 1 aromatic rings. The Balaban J connectivity index is 1.38. The maximum Gasteiger partial charge on any atom is 0.242 e. The Morgan fingerprint density at radius 1 is 1.25 bits per heavy atom. The third-order valence-electron chi connectivity index (χ3n) is 4.94. The summed E-state index contributed by atoms with van der Waals surface area (Å²) in [7, 11) is 0. The average molecular weight is 350 g/mol. The van der Waals surface area contributed by atoms with Crippen molar-refractivity contribution < 1.29 is 9.59 Å². The number of hydrogen-bond acceptors (Lipinski definition) is 3. The van der Waals surface area contributed by atoms with Gasteiger partial charge in [-0.25, -0.2) is 0 Å². The normalized spacial score (nSPS) is 22.4. The quantitative estimate of drug-likeness (QED) is 0.854. The van der Waals surface area contributed by atoms with E-state index in [1.165, 1.54) is 5.56 Å². The number of nitrogens with one attached hydrogen (secondary N) is 2. The Morgan fingerprint density at radius 3 is 2.67 bits per heavy atom. The molecule has 0 spiro atoms. The Labute approximate surface area is 147 Å². The number of carbonyl (C=O) groups excluding carboxylic acids is 2. The lowest BCUT2D eigenvalue weighted by Crippen LogP contribution is -2.44. The van der Waals surface area contributed by atoms with Gasteiger partial charge in [0.2, 0.25) is 11.8 Å². The van der Waals surface area contributed by atoms with Gasteiger partial charge in [-0.05, 0) is 49.9 Å². The molecule has 1 aromatic carbocycles. The van der Waals surface area contributed by atoms with Crippen molar-refractivity contribution in [3.8, 4) is 0 Å². The zero-order valence-electron chi connectivity index (χ0n) is 13.8. The molecular formula is C18H24ClN3O2. The van der Waals surface area contributed by atoms with Crippen molar-refractivity contribution in [1.29, 1.82) is 0 Å². The molecule has 0 unspecified atom stereocenters. The predicted octanol–water partition coefficient (Wildman–Crippen LogP) is 1.95. The van der Waals surface area contributed by atoms with Crippen molar-refractivity contribution in [2.24, 2.45) is 5.92 Å². The largest absolute Gasteiger partial charge is 0.354 e. The van der Waals surface area contributed by atoms with Gasteiger partial charge in [0.25, 0.3) is 0 Å². The number of rotatable bonds is 5. The van der Waals surface area contributed by atoms with E-state index < -0.39 is 0 Å². The number of benzene rings is 1. The average Bonchev–Trinajstić information content (AvgIpc) is 3.03. The molecule has 2 aliphatic rings. The fourth-order valence-corrected chi connectivity index (χ4v) is 3.59. The maximum atomic E-state index is 12.0. The fraction of sp³-hybridized carbons (Fsp3) is 0.556. The van der Waals surface area contributed by atoms with Crippen molar-refractivity contribution in [3.63, 3.8) is 0 Å². The smallest absolute Gasteiger partial charge is 0.242 e. The number of carbonyl (C=O) groups is 2. The molecule has 6 heteroatoms. The van der Waals surface area contributed by atoms with Crippen molar-refractivity contribution in [2.45, 2.75) is 38.3 Å². The second-order valence-corrected chi connectivity index (χ2v) is 7.12. The van der Waals surface area contributed by atoms with Crippen molar-refractivity contribution in [2.75, 3.05) is 19.6 Å². The van der Waals surface area contributed by atoms with Crippen LogP contribution >= 0.6 is 11.6 Å². The van der Waals surface area contributed by atoms with E-state index >= 15 is 0 Å². The van der Waals surface area contributed by atoms with Gasteiger partial charge in [-0.1, -0.05) is 29.8 Å². The summed E-state index contributed by atoms with van der Waals surface area (Å²) in [5, 5.41) is 6.53. The van der Waals surface area contributed by atoms with Crippen LogP contribution in [0.15, 0.2) is 24.3 Å². The molecule has 0 aliphatic carbocycles. The highest BCUT2D eigenvalue weighted by molar-refractivity contribution is 6.31. The van der Waals surface area contributed by atoms with Crippen molar-refractivity contribution in [3.05, 3.63) is 34.9 Å². The highest BCUT2D eigenvalue weighted by Gasteiger charge is 2.28. The highest BCUT2D eigenvalue weighted by Crippen LogP contribution is 2.22. The minimum atomic E-state index is -0.335. The van der Waals surface area contributed by atoms with Crippen LogP contribution in [0.4, 0.5) is 0 Å². The predicted molar refractivity (Wildman–Crippen MR) is 93.6 cm³/mol. The summed E-state index contributed by atoms with van der Waals surface area (Å²) in [6.07, 6.45) is 3.21. The van der Waals surface area contributed by atoms with Gasteiger partial charge >= 0.3 is 0 Å². The van der Waals surface area contributed by atoms with E-state index in [-0.39, 0.29) is 17.9 Å². The monoisotopic (exact) mass is 349 g/mol. The van der Waals surface area contributed by atoms with Crippen LogP contribution < -0.4 is 10.6 Å².